The number of rotatable bonds is 7. The predicted octanol–water partition coefficient (Wildman–Crippen LogP) is 6.49. The van der Waals surface area contributed by atoms with Crippen LogP contribution >= 0.6 is 21.6 Å². The molecule has 2 heterocycles. The molecular formula is C37H44O9S2. The minimum Gasteiger partial charge on any atom is -0.508 e. The summed E-state index contributed by atoms with van der Waals surface area (Å²) in [6, 6.07) is 10.7. The average molecular weight is 697 g/mol. The number of phenols is 2. The molecule has 0 radical (unpaired) electrons. The minimum absolute atomic E-state index is 0.0364. The molecule has 0 spiro atoms. The largest absolute Gasteiger partial charge is 0.508 e. The van der Waals surface area contributed by atoms with Gasteiger partial charge < -0.3 is 44.5 Å². The average Bonchev–Trinajstić information content (AvgIpc) is 3.17. The maximum atomic E-state index is 12.6. The molecule has 48 heavy (non-hydrogen) atoms. The first kappa shape index (κ1) is 33.5. The van der Waals surface area contributed by atoms with Gasteiger partial charge >= 0.3 is 0 Å². The molecule has 2 aliphatic heterocycles. The van der Waals surface area contributed by atoms with Crippen LogP contribution in [0.1, 0.15) is 78.7 Å². The monoisotopic (exact) mass is 696 g/mol. The molecule has 0 aromatic heterocycles. The number of hydrogen-bond acceptors (Lipinski definition) is 11. The van der Waals surface area contributed by atoms with Gasteiger partial charge in [-0.2, -0.15) is 0 Å². The Bertz CT molecular complexity index is 1640. The number of benzene rings is 3. The normalized spacial score (nSPS) is 29.0. The van der Waals surface area contributed by atoms with Crippen molar-refractivity contribution >= 4 is 21.6 Å². The number of aliphatic hydroxyl groups excluding tert-OH is 3. The van der Waals surface area contributed by atoms with E-state index in [0.717, 1.165) is 59.3 Å². The van der Waals surface area contributed by atoms with Crippen molar-refractivity contribution in [1.82, 2.24) is 0 Å². The van der Waals surface area contributed by atoms with Crippen LogP contribution in [0.2, 0.25) is 0 Å². The lowest BCUT2D eigenvalue weighted by atomic mass is 9.62. The summed E-state index contributed by atoms with van der Waals surface area (Å²) in [6.45, 7) is 2.08. The number of methoxy groups -OCH3 is 2. The van der Waals surface area contributed by atoms with Crippen molar-refractivity contribution in [2.75, 3.05) is 39.8 Å². The van der Waals surface area contributed by atoms with Crippen LogP contribution in [0.15, 0.2) is 36.4 Å². The van der Waals surface area contributed by atoms with E-state index in [1.807, 2.05) is 39.8 Å². The van der Waals surface area contributed by atoms with E-state index < -0.39 is 12.2 Å². The molecule has 3 aromatic rings. The van der Waals surface area contributed by atoms with Crippen LogP contribution in [0.25, 0.3) is 11.1 Å². The van der Waals surface area contributed by atoms with Crippen LogP contribution in [0.3, 0.4) is 0 Å². The van der Waals surface area contributed by atoms with Crippen molar-refractivity contribution in [3.8, 4) is 45.6 Å². The van der Waals surface area contributed by atoms with Crippen molar-refractivity contribution < 1.29 is 44.5 Å². The number of fused-ring (bicyclic) bond motifs is 8. The molecule has 0 saturated carbocycles. The number of phenolic OH excluding ortho intramolecular Hbond substituents is 2. The quantitative estimate of drug-likeness (QED) is 0.173. The summed E-state index contributed by atoms with van der Waals surface area (Å²) < 4.78 is 24.0. The first-order valence-electron chi connectivity index (χ1n) is 16.8. The van der Waals surface area contributed by atoms with Crippen LogP contribution in [0, 0.1) is 11.8 Å². The van der Waals surface area contributed by atoms with Crippen molar-refractivity contribution in [3.63, 3.8) is 0 Å². The summed E-state index contributed by atoms with van der Waals surface area (Å²) >= 11 is 0. The van der Waals surface area contributed by atoms with Gasteiger partial charge in [0.15, 0.2) is 17.6 Å². The second-order valence-corrected chi connectivity index (χ2v) is 16.2. The summed E-state index contributed by atoms with van der Waals surface area (Å²) in [5.74, 6) is 2.61. The standard InChI is InChI=1S/C37H44O9S2/c1-18-8-11-47-48-30-7-4-19(18)12-23-24-15-21(40)5-6-22(24)31-26(45-10-9-38)16-27-33(32(31)25(23)17-39)34(30)36(42)37(46-27)20-13-28(43-2)35(41)29(14-20)44-3/h5-6,13-16,18-19,23,25,30,34,36-42H,4,7-12,17H2,1-3H3/t18-,19+,23-,25+,30+,34-,36+,37-/m0/s1. The number of aliphatic hydroxyl groups is 3. The fourth-order valence-corrected chi connectivity index (χ4v) is 11.7. The molecule has 5 N–H and O–H groups in total. The van der Waals surface area contributed by atoms with E-state index in [1.165, 1.54) is 14.2 Å². The molecule has 3 aromatic carbocycles. The lowest BCUT2D eigenvalue weighted by Crippen LogP contribution is -2.41. The molecule has 7 rings (SSSR count). The summed E-state index contributed by atoms with van der Waals surface area (Å²) in [5.41, 5.74) is 5.12. The molecule has 2 aliphatic carbocycles. The highest BCUT2D eigenvalue weighted by Gasteiger charge is 2.50. The molecule has 1 fully saturated rings. The summed E-state index contributed by atoms with van der Waals surface area (Å²) in [6.07, 6.45) is 1.99. The van der Waals surface area contributed by atoms with Crippen molar-refractivity contribution in [2.24, 2.45) is 11.8 Å². The summed E-state index contributed by atoms with van der Waals surface area (Å²) in [4.78, 5) is 0. The topological polar surface area (TPSA) is 138 Å². The maximum absolute atomic E-state index is 12.6. The van der Waals surface area contributed by atoms with Crippen molar-refractivity contribution in [2.45, 2.75) is 67.8 Å². The smallest absolute Gasteiger partial charge is 0.200 e. The molecule has 4 aliphatic rings. The Balaban J connectivity index is 1.53. The van der Waals surface area contributed by atoms with Gasteiger partial charge in [0.1, 0.15) is 30.0 Å². The third kappa shape index (κ3) is 5.65. The molecule has 0 unspecified atom stereocenters. The Morgan fingerprint density at radius 3 is 2.42 bits per heavy atom. The molecule has 0 amide bonds. The Labute approximate surface area is 289 Å². The third-order valence-electron chi connectivity index (χ3n) is 11.0. The highest BCUT2D eigenvalue weighted by atomic mass is 33.1. The van der Waals surface area contributed by atoms with Crippen molar-refractivity contribution in [1.29, 1.82) is 0 Å². The first-order chi connectivity index (χ1) is 23.3. The van der Waals surface area contributed by atoms with Gasteiger partial charge in [0.2, 0.25) is 5.75 Å². The van der Waals surface area contributed by atoms with Gasteiger partial charge in [-0.3, -0.25) is 0 Å². The highest BCUT2D eigenvalue weighted by Crippen LogP contribution is 2.62. The first-order valence-corrected chi connectivity index (χ1v) is 19.1. The van der Waals surface area contributed by atoms with Gasteiger partial charge in [-0.05, 0) is 84.4 Å². The summed E-state index contributed by atoms with van der Waals surface area (Å²) in [5, 5.41) is 55.2. The molecule has 9 nitrogen and oxygen atoms in total. The SMILES string of the molecule is COc1cc([C@@H]2Oc3cc(OCCO)c4c5c3[C@@H]([C@H]2O)[C@H]2CC[C@H](C[C@@H](c3cc(O)ccc3-4)[C@H]5CO)[C@@H](C)CCSS2)cc(OC)c1O. The molecular weight excluding hydrogens is 653 g/mol. The van der Waals surface area contributed by atoms with E-state index in [2.05, 4.69) is 6.92 Å². The lowest BCUT2D eigenvalue weighted by molar-refractivity contribution is -0.00310. The predicted molar refractivity (Wildman–Crippen MR) is 187 cm³/mol. The van der Waals surface area contributed by atoms with Gasteiger partial charge in [-0.15, -0.1) is 0 Å². The second kappa shape index (κ2) is 13.7. The second-order valence-electron chi connectivity index (χ2n) is 13.4. The van der Waals surface area contributed by atoms with Crippen LogP contribution in [0.4, 0.5) is 0 Å². The fourth-order valence-electron chi connectivity index (χ4n) is 8.60. The molecule has 8 atom stereocenters. The Morgan fingerprint density at radius 1 is 0.938 bits per heavy atom. The zero-order chi connectivity index (χ0) is 33.7. The van der Waals surface area contributed by atoms with E-state index in [4.69, 9.17) is 18.9 Å². The van der Waals surface area contributed by atoms with E-state index >= 15 is 0 Å². The van der Waals surface area contributed by atoms with Gasteiger partial charge in [0.05, 0.1) is 27.4 Å². The van der Waals surface area contributed by atoms with E-state index in [9.17, 15) is 25.5 Å². The Morgan fingerprint density at radius 2 is 1.71 bits per heavy atom. The maximum Gasteiger partial charge on any atom is 0.200 e. The number of aromatic hydroxyl groups is 2. The van der Waals surface area contributed by atoms with Crippen LogP contribution < -0.4 is 18.9 Å². The van der Waals surface area contributed by atoms with Crippen LogP contribution in [-0.2, 0) is 0 Å². The minimum atomic E-state index is -0.988. The number of hydrogen-bond donors (Lipinski definition) is 5. The lowest BCUT2D eigenvalue weighted by Gasteiger charge is -2.47. The third-order valence-corrected chi connectivity index (χ3v) is 13.9. The molecule has 11 heteroatoms. The summed E-state index contributed by atoms with van der Waals surface area (Å²) in [7, 11) is 6.64. The van der Waals surface area contributed by atoms with E-state index in [0.29, 0.717) is 28.9 Å². The zero-order valence-electron chi connectivity index (χ0n) is 27.4. The van der Waals surface area contributed by atoms with E-state index in [-0.39, 0.29) is 65.8 Å². The van der Waals surface area contributed by atoms with Crippen molar-refractivity contribution in [3.05, 3.63) is 58.7 Å². The number of ether oxygens (including phenoxy) is 4. The van der Waals surface area contributed by atoms with Gasteiger partial charge in [0, 0.05) is 45.6 Å². The van der Waals surface area contributed by atoms with Crippen LogP contribution in [0.5, 0.6) is 34.5 Å². The molecule has 258 valence electrons. The Kier molecular flexibility index (Phi) is 9.60. The van der Waals surface area contributed by atoms with Gasteiger partial charge in [-0.1, -0.05) is 34.6 Å². The molecule has 4 bridgehead atoms. The van der Waals surface area contributed by atoms with E-state index in [1.54, 1.807) is 18.2 Å². The highest BCUT2D eigenvalue weighted by molar-refractivity contribution is 8.76. The van der Waals surface area contributed by atoms with Crippen LogP contribution in [-0.4, -0.2) is 76.7 Å². The molecule has 1 saturated heterocycles. The van der Waals surface area contributed by atoms with Gasteiger partial charge in [0.25, 0.3) is 0 Å². The fraction of sp³-hybridized carbons (Fsp3) is 0.514. The zero-order valence-corrected chi connectivity index (χ0v) is 29.1. The Hall–Kier alpha value is -2.96. The van der Waals surface area contributed by atoms with Gasteiger partial charge in [-0.25, -0.2) is 0 Å².